The fourth-order valence-electron chi connectivity index (χ4n) is 2.52. The average Bonchev–Trinajstić information content (AvgIpc) is 2.41. The molecule has 1 aliphatic rings. The molecular formula is C17H26N2OS. The topological polar surface area (TPSA) is 32.3 Å². The van der Waals surface area contributed by atoms with Gasteiger partial charge in [0.05, 0.1) is 0 Å². The summed E-state index contributed by atoms with van der Waals surface area (Å²) in [5, 5.41) is 3.69. The minimum atomic E-state index is 0.0955. The summed E-state index contributed by atoms with van der Waals surface area (Å²) in [6.07, 6.45) is 1.25. The molecule has 21 heavy (non-hydrogen) atoms. The van der Waals surface area contributed by atoms with E-state index in [1.807, 2.05) is 18.8 Å². The first-order valence-corrected chi connectivity index (χ1v) is 8.69. The molecule has 0 spiro atoms. The van der Waals surface area contributed by atoms with Gasteiger partial charge in [-0.05, 0) is 35.3 Å². The Labute approximate surface area is 132 Å². The third-order valence-corrected chi connectivity index (χ3v) is 5.41. The van der Waals surface area contributed by atoms with Crippen LogP contribution in [0.3, 0.4) is 0 Å². The van der Waals surface area contributed by atoms with Gasteiger partial charge >= 0.3 is 0 Å². The molecule has 0 aromatic heterocycles. The fourth-order valence-corrected chi connectivity index (χ4v) is 4.13. The van der Waals surface area contributed by atoms with Crippen LogP contribution in [0, 0.1) is 5.41 Å². The lowest BCUT2D eigenvalue weighted by molar-refractivity contribution is -0.128. The van der Waals surface area contributed by atoms with Crippen molar-refractivity contribution in [1.29, 1.82) is 0 Å². The van der Waals surface area contributed by atoms with Gasteiger partial charge in [0.2, 0.25) is 5.91 Å². The Kier molecular flexibility index (Phi) is 5.20. The highest BCUT2D eigenvalue weighted by molar-refractivity contribution is 7.99. The van der Waals surface area contributed by atoms with Gasteiger partial charge in [0.15, 0.2) is 0 Å². The summed E-state index contributed by atoms with van der Waals surface area (Å²) < 4.78 is 0. The Morgan fingerprint density at radius 1 is 1.48 bits per heavy atom. The molecular weight excluding hydrogens is 280 g/mol. The Bertz CT molecular complexity index is 501. The van der Waals surface area contributed by atoms with Crippen molar-refractivity contribution in [2.75, 3.05) is 23.9 Å². The number of hydrogen-bond donors (Lipinski definition) is 1. The molecule has 4 heteroatoms. The molecule has 1 saturated heterocycles. The van der Waals surface area contributed by atoms with Gasteiger partial charge in [-0.25, -0.2) is 0 Å². The number of nitrogens with zero attached hydrogens (tertiary/aromatic N) is 1. The van der Waals surface area contributed by atoms with Crippen molar-refractivity contribution in [2.45, 2.75) is 39.8 Å². The van der Waals surface area contributed by atoms with E-state index in [9.17, 15) is 4.79 Å². The Balaban J connectivity index is 2.05. The number of amides is 1. The maximum atomic E-state index is 11.3. The van der Waals surface area contributed by atoms with E-state index in [1.54, 1.807) is 11.8 Å². The van der Waals surface area contributed by atoms with E-state index in [1.165, 1.54) is 17.7 Å². The number of hydrogen-bond acceptors (Lipinski definition) is 3. The van der Waals surface area contributed by atoms with Crippen molar-refractivity contribution in [2.24, 2.45) is 5.41 Å². The summed E-state index contributed by atoms with van der Waals surface area (Å²) in [4.78, 5) is 13.1. The highest BCUT2D eigenvalue weighted by atomic mass is 32.2. The second-order valence-electron chi connectivity index (χ2n) is 6.59. The van der Waals surface area contributed by atoms with Crippen LogP contribution in [0.4, 0.5) is 5.69 Å². The molecule has 0 bridgehead atoms. The minimum absolute atomic E-state index is 0.0955. The summed E-state index contributed by atoms with van der Waals surface area (Å²) in [5.74, 6) is 2.51. The third kappa shape index (κ3) is 4.40. The summed E-state index contributed by atoms with van der Waals surface area (Å²) >= 11 is 2.03. The molecule has 1 atom stereocenters. The van der Waals surface area contributed by atoms with Crippen molar-refractivity contribution >= 4 is 23.4 Å². The molecule has 1 aromatic carbocycles. The predicted molar refractivity (Wildman–Crippen MR) is 91.7 cm³/mol. The van der Waals surface area contributed by atoms with E-state index in [2.05, 4.69) is 43.4 Å². The minimum Gasteiger partial charge on any atom is -0.381 e. The van der Waals surface area contributed by atoms with E-state index in [-0.39, 0.29) is 5.91 Å². The third-order valence-electron chi connectivity index (χ3n) is 4.34. The van der Waals surface area contributed by atoms with Crippen LogP contribution in [-0.2, 0) is 11.3 Å². The van der Waals surface area contributed by atoms with Crippen molar-refractivity contribution in [3.05, 3.63) is 29.8 Å². The molecule has 0 aliphatic carbocycles. The van der Waals surface area contributed by atoms with Crippen LogP contribution < -0.4 is 5.32 Å². The van der Waals surface area contributed by atoms with Crippen LogP contribution in [0.1, 0.15) is 32.8 Å². The number of rotatable bonds is 4. The van der Waals surface area contributed by atoms with Crippen LogP contribution in [0.25, 0.3) is 0 Å². The van der Waals surface area contributed by atoms with E-state index in [0.717, 1.165) is 11.4 Å². The Morgan fingerprint density at radius 2 is 2.24 bits per heavy atom. The fraction of sp³-hybridized carbons (Fsp3) is 0.588. The number of benzene rings is 1. The van der Waals surface area contributed by atoms with Crippen LogP contribution in [-0.4, -0.2) is 35.4 Å². The molecule has 3 nitrogen and oxygen atoms in total. The van der Waals surface area contributed by atoms with Crippen molar-refractivity contribution < 1.29 is 4.79 Å². The van der Waals surface area contributed by atoms with Gasteiger partial charge in [0.1, 0.15) is 0 Å². The highest BCUT2D eigenvalue weighted by Crippen LogP contribution is 2.36. The summed E-state index contributed by atoms with van der Waals surface area (Å²) in [7, 11) is 1.84. The maximum absolute atomic E-state index is 11.3. The van der Waals surface area contributed by atoms with E-state index >= 15 is 0 Å². The van der Waals surface area contributed by atoms with Crippen LogP contribution in [0.15, 0.2) is 24.3 Å². The molecule has 1 unspecified atom stereocenters. The number of carbonyl (C=O) groups excluding carboxylic acids is 1. The van der Waals surface area contributed by atoms with Gasteiger partial charge in [-0.1, -0.05) is 26.0 Å². The summed E-state index contributed by atoms with van der Waals surface area (Å²) in [6, 6.07) is 8.92. The number of anilines is 1. The first-order chi connectivity index (χ1) is 9.88. The SMILES string of the molecule is CC(=O)N(C)Cc1cccc(NC2CSCCC2(C)C)c1. The first-order valence-electron chi connectivity index (χ1n) is 7.53. The number of thioether (sulfide) groups is 1. The van der Waals surface area contributed by atoms with Crippen LogP contribution >= 0.6 is 11.8 Å². The molecule has 2 rings (SSSR count). The van der Waals surface area contributed by atoms with Crippen molar-refractivity contribution in [3.63, 3.8) is 0 Å². The standard InChI is InChI=1S/C17H26N2OS/c1-13(20)19(4)11-14-6-5-7-15(10-14)18-16-12-21-9-8-17(16,2)3/h5-7,10,16,18H,8-9,11-12H2,1-4H3. The molecule has 1 amide bonds. The molecule has 0 saturated carbocycles. The molecule has 1 heterocycles. The van der Waals surface area contributed by atoms with E-state index < -0.39 is 0 Å². The van der Waals surface area contributed by atoms with Gasteiger partial charge in [-0.15, -0.1) is 0 Å². The number of carbonyl (C=O) groups is 1. The normalized spacial score (nSPS) is 20.9. The van der Waals surface area contributed by atoms with Gasteiger partial charge in [-0.3, -0.25) is 4.79 Å². The smallest absolute Gasteiger partial charge is 0.219 e. The highest BCUT2D eigenvalue weighted by Gasteiger charge is 2.32. The molecule has 0 radical (unpaired) electrons. The van der Waals surface area contributed by atoms with E-state index in [0.29, 0.717) is 18.0 Å². The number of nitrogens with one attached hydrogen (secondary N) is 1. The van der Waals surface area contributed by atoms with Gasteiger partial charge in [-0.2, -0.15) is 11.8 Å². The molecule has 1 aromatic rings. The van der Waals surface area contributed by atoms with Crippen LogP contribution in [0.2, 0.25) is 0 Å². The zero-order valence-corrected chi connectivity index (χ0v) is 14.3. The predicted octanol–water partition coefficient (Wildman–Crippen LogP) is 3.61. The Hall–Kier alpha value is -1.16. The van der Waals surface area contributed by atoms with Crippen LogP contribution in [0.5, 0.6) is 0 Å². The zero-order chi connectivity index (χ0) is 15.5. The molecule has 116 valence electrons. The second-order valence-corrected chi connectivity index (χ2v) is 7.74. The lowest BCUT2D eigenvalue weighted by atomic mass is 9.82. The molecule has 1 N–H and O–H groups in total. The summed E-state index contributed by atoms with van der Waals surface area (Å²) in [5.41, 5.74) is 2.65. The Morgan fingerprint density at radius 3 is 2.90 bits per heavy atom. The van der Waals surface area contributed by atoms with Gasteiger partial charge in [0, 0.05) is 38.0 Å². The molecule has 1 fully saturated rings. The van der Waals surface area contributed by atoms with Crippen molar-refractivity contribution in [1.82, 2.24) is 4.90 Å². The quantitative estimate of drug-likeness (QED) is 0.922. The van der Waals surface area contributed by atoms with Gasteiger partial charge < -0.3 is 10.2 Å². The first kappa shape index (κ1) is 16.2. The van der Waals surface area contributed by atoms with Crippen molar-refractivity contribution in [3.8, 4) is 0 Å². The maximum Gasteiger partial charge on any atom is 0.219 e. The monoisotopic (exact) mass is 306 g/mol. The lowest BCUT2D eigenvalue weighted by Crippen LogP contribution is -2.41. The zero-order valence-electron chi connectivity index (χ0n) is 13.5. The van der Waals surface area contributed by atoms with E-state index in [4.69, 9.17) is 0 Å². The molecule has 1 aliphatic heterocycles. The summed E-state index contributed by atoms with van der Waals surface area (Å²) in [6.45, 7) is 6.95. The van der Waals surface area contributed by atoms with Gasteiger partial charge in [0.25, 0.3) is 0 Å². The largest absolute Gasteiger partial charge is 0.381 e. The average molecular weight is 306 g/mol. The lowest BCUT2D eigenvalue weighted by Gasteiger charge is -2.39. The second kappa shape index (κ2) is 6.73.